The van der Waals surface area contributed by atoms with Crippen LogP contribution >= 0.6 is 11.6 Å². The van der Waals surface area contributed by atoms with Crippen LogP contribution in [0.25, 0.3) is 0 Å². The Bertz CT molecular complexity index is 1020. The minimum Gasteiger partial charge on any atom is -0.376 e. The van der Waals surface area contributed by atoms with Crippen LogP contribution in [0.2, 0.25) is 5.02 Å². The molecule has 7 nitrogen and oxygen atoms in total. The van der Waals surface area contributed by atoms with Crippen LogP contribution in [0.1, 0.15) is 46.4 Å². The minimum atomic E-state index is -0.342. The molecule has 2 heterocycles. The molecule has 2 atom stereocenters. The summed E-state index contributed by atoms with van der Waals surface area (Å²) in [6.45, 7) is 2.26. The maximum absolute atomic E-state index is 13.1. The molecule has 174 valence electrons. The summed E-state index contributed by atoms with van der Waals surface area (Å²) in [4.78, 5) is 40.0. The number of rotatable bonds is 6. The number of anilines is 1. The Labute approximate surface area is 198 Å². The second-order valence-corrected chi connectivity index (χ2v) is 8.89. The fourth-order valence-corrected chi connectivity index (χ4v) is 4.52. The molecule has 0 spiro atoms. The molecule has 2 aromatic carbocycles. The molecule has 2 aliphatic rings. The van der Waals surface area contributed by atoms with Crippen LogP contribution in [-0.4, -0.2) is 55.0 Å². The van der Waals surface area contributed by atoms with Gasteiger partial charge in [0, 0.05) is 37.5 Å². The predicted molar refractivity (Wildman–Crippen MR) is 126 cm³/mol. The lowest BCUT2D eigenvalue weighted by atomic mass is 9.96. The Morgan fingerprint density at radius 2 is 1.91 bits per heavy atom. The van der Waals surface area contributed by atoms with E-state index in [2.05, 4.69) is 10.6 Å². The Balaban J connectivity index is 1.36. The minimum absolute atomic E-state index is 0.0243. The Morgan fingerprint density at radius 3 is 2.70 bits per heavy atom. The highest BCUT2D eigenvalue weighted by atomic mass is 35.5. The molecule has 0 saturated carbocycles. The van der Waals surface area contributed by atoms with Gasteiger partial charge in [-0.3, -0.25) is 14.4 Å². The maximum Gasteiger partial charge on any atom is 0.257 e. The molecule has 2 aromatic rings. The summed E-state index contributed by atoms with van der Waals surface area (Å²) >= 11 is 6.11. The number of likely N-dealkylation sites (tertiary alicyclic amines) is 1. The van der Waals surface area contributed by atoms with Crippen LogP contribution in [-0.2, 0) is 9.53 Å². The summed E-state index contributed by atoms with van der Waals surface area (Å²) in [5, 5.41) is 6.14. The van der Waals surface area contributed by atoms with Gasteiger partial charge in [-0.05, 0) is 56.0 Å². The molecule has 4 rings (SSSR count). The van der Waals surface area contributed by atoms with Crippen molar-refractivity contribution in [3.8, 4) is 0 Å². The van der Waals surface area contributed by atoms with Crippen molar-refractivity contribution in [3.63, 3.8) is 0 Å². The smallest absolute Gasteiger partial charge is 0.257 e. The third-order valence-corrected chi connectivity index (χ3v) is 6.42. The van der Waals surface area contributed by atoms with Crippen LogP contribution in [0.5, 0.6) is 0 Å². The van der Waals surface area contributed by atoms with Crippen molar-refractivity contribution >= 4 is 35.0 Å². The highest BCUT2D eigenvalue weighted by molar-refractivity contribution is 6.34. The van der Waals surface area contributed by atoms with E-state index in [4.69, 9.17) is 16.3 Å². The van der Waals surface area contributed by atoms with Gasteiger partial charge in [-0.25, -0.2) is 0 Å². The van der Waals surface area contributed by atoms with E-state index in [0.717, 1.165) is 32.3 Å². The molecule has 2 fully saturated rings. The molecule has 2 aliphatic heterocycles. The molecule has 8 heteroatoms. The van der Waals surface area contributed by atoms with Gasteiger partial charge in [-0.15, -0.1) is 0 Å². The van der Waals surface area contributed by atoms with Crippen molar-refractivity contribution in [2.45, 2.75) is 31.8 Å². The predicted octanol–water partition coefficient (Wildman–Crippen LogP) is 3.74. The summed E-state index contributed by atoms with van der Waals surface area (Å²) in [5.74, 6) is -0.748. The van der Waals surface area contributed by atoms with Gasteiger partial charge in [0.25, 0.3) is 11.8 Å². The number of halogens is 1. The quantitative estimate of drug-likeness (QED) is 0.674. The van der Waals surface area contributed by atoms with Crippen molar-refractivity contribution in [2.24, 2.45) is 5.92 Å². The first kappa shape index (κ1) is 23.3. The monoisotopic (exact) mass is 469 g/mol. The first-order chi connectivity index (χ1) is 16.0. The van der Waals surface area contributed by atoms with Gasteiger partial charge < -0.3 is 20.3 Å². The van der Waals surface area contributed by atoms with Gasteiger partial charge in [-0.1, -0.05) is 29.8 Å². The van der Waals surface area contributed by atoms with Crippen LogP contribution in [0, 0.1) is 5.92 Å². The molecule has 2 saturated heterocycles. The third kappa shape index (κ3) is 5.92. The molecule has 0 aromatic heterocycles. The number of hydrogen-bond acceptors (Lipinski definition) is 4. The van der Waals surface area contributed by atoms with E-state index in [1.807, 2.05) is 0 Å². The zero-order valence-corrected chi connectivity index (χ0v) is 19.1. The van der Waals surface area contributed by atoms with Crippen molar-refractivity contribution in [3.05, 3.63) is 64.7 Å². The molecule has 33 heavy (non-hydrogen) atoms. The number of carbonyl (C=O) groups is 3. The van der Waals surface area contributed by atoms with Crippen LogP contribution in [0.4, 0.5) is 5.69 Å². The normalized spacial score (nSPS) is 20.3. The molecule has 2 N–H and O–H groups in total. The zero-order valence-electron chi connectivity index (χ0n) is 18.4. The summed E-state index contributed by atoms with van der Waals surface area (Å²) in [6, 6.07) is 13.6. The Morgan fingerprint density at radius 1 is 1.06 bits per heavy atom. The van der Waals surface area contributed by atoms with Crippen molar-refractivity contribution in [2.75, 3.05) is 31.6 Å². The lowest BCUT2D eigenvalue weighted by molar-refractivity contribution is -0.126. The van der Waals surface area contributed by atoms with Crippen molar-refractivity contribution in [1.29, 1.82) is 0 Å². The largest absolute Gasteiger partial charge is 0.376 e. The molecule has 0 unspecified atom stereocenters. The highest BCUT2D eigenvalue weighted by Gasteiger charge is 2.29. The van der Waals surface area contributed by atoms with Crippen molar-refractivity contribution in [1.82, 2.24) is 10.2 Å². The van der Waals surface area contributed by atoms with Crippen molar-refractivity contribution < 1.29 is 19.1 Å². The third-order valence-electron chi connectivity index (χ3n) is 6.09. The molecule has 3 amide bonds. The van der Waals surface area contributed by atoms with Gasteiger partial charge in [0.2, 0.25) is 5.91 Å². The number of piperidine rings is 1. The average Bonchev–Trinajstić information content (AvgIpc) is 3.36. The van der Waals surface area contributed by atoms with Crippen LogP contribution in [0.3, 0.4) is 0 Å². The number of nitrogens with one attached hydrogen (secondary N) is 2. The number of hydrogen-bond donors (Lipinski definition) is 2. The zero-order chi connectivity index (χ0) is 23.2. The lowest BCUT2D eigenvalue weighted by Gasteiger charge is -2.32. The first-order valence-corrected chi connectivity index (χ1v) is 11.7. The standard InChI is InChI=1S/C25H28ClN3O4/c26-22-11-2-1-10-21(22)24(31)28-19-8-3-6-17(14-19)25(32)29-12-4-7-18(16-29)23(30)27-15-20-9-5-13-33-20/h1-3,6,8,10-11,14,18,20H,4-5,7,9,12-13,15-16H2,(H,27,30)(H,28,31)/t18-,20+/m0/s1. The fraction of sp³-hybridized carbons (Fsp3) is 0.400. The van der Waals surface area contributed by atoms with Crippen LogP contribution in [0.15, 0.2) is 48.5 Å². The summed E-state index contributed by atoms with van der Waals surface area (Å²) in [6.07, 6.45) is 3.63. The Kier molecular flexibility index (Phi) is 7.62. The lowest BCUT2D eigenvalue weighted by Crippen LogP contribution is -2.46. The van der Waals surface area contributed by atoms with E-state index in [9.17, 15) is 14.4 Å². The number of ether oxygens (including phenoxy) is 1. The topological polar surface area (TPSA) is 87.7 Å². The molecule has 0 radical (unpaired) electrons. The maximum atomic E-state index is 13.1. The van der Waals surface area contributed by atoms with E-state index in [1.165, 1.54) is 0 Å². The van der Waals surface area contributed by atoms with E-state index in [-0.39, 0.29) is 29.7 Å². The summed E-state index contributed by atoms with van der Waals surface area (Å²) < 4.78 is 5.56. The van der Waals surface area contributed by atoms with Gasteiger partial charge in [0.1, 0.15) is 0 Å². The summed E-state index contributed by atoms with van der Waals surface area (Å²) in [7, 11) is 0. The summed E-state index contributed by atoms with van der Waals surface area (Å²) in [5.41, 5.74) is 1.34. The number of amides is 3. The van der Waals surface area contributed by atoms with E-state index in [1.54, 1.807) is 53.4 Å². The van der Waals surface area contributed by atoms with Gasteiger partial charge >= 0.3 is 0 Å². The second kappa shape index (κ2) is 10.8. The SMILES string of the molecule is O=C(Nc1cccc(C(=O)N2CCC[C@H](C(=O)NC[C@H]3CCCO3)C2)c1)c1ccccc1Cl. The molecular weight excluding hydrogens is 442 g/mol. The number of carbonyl (C=O) groups excluding carboxylic acids is 3. The van der Waals surface area contributed by atoms with E-state index in [0.29, 0.717) is 41.5 Å². The number of nitrogens with zero attached hydrogens (tertiary/aromatic N) is 1. The van der Waals surface area contributed by atoms with E-state index >= 15 is 0 Å². The van der Waals surface area contributed by atoms with Crippen LogP contribution < -0.4 is 10.6 Å². The molecule has 0 bridgehead atoms. The van der Waals surface area contributed by atoms with Gasteiger partial charge in [0.15, 0.2) is 0 Å². The Hall–Kier alpha value is -2.90. The van der Waals surface area contributed by atoms with Gasteiger partial charge in [-0.2, -0.15) is 0 Å². The molecular formula is C25H28ClN3O4. The van der Waals surface area contributed by atoms with Gasteiger partial charge in [0.05, 0.1) is 22.6 Å². The second-order valence-electron chi connectivity index (χ2n) is 8.49. The first-order valence-electron chi connectivity index (χ1n) is 11.4. The average molecular weight is 470 g/mol. The number of benzene rings is 2. The fourth-order valence-electron chi connectivity index (χ4n) is 4.30. The molecule has 0 aliphatic carbocycles. The highest BCUT2D eigenvalue weighted by Crippen LogP contribution is 2.22. The van der Waals surface area contributed by atoms with E-state index < -0.39 is 0 Å².